The lowest BCUT2D eigenvalue weighted by atomic mass is 9.55. The second-order valence-electron chi connectivity index (χ2n) is 9.24. The van der Waals surface area contributed by atoms with Crippen molar-refractivity contribution in [2.45, 2.75) is 83.6 Å². The van der Waals surface area contributed by atoms with Gasteiger partial charge in [0.1, 0.15) is 17.3 Å². The molecule has 1 aromatic carbocycles. The Morgan fingerprint density at radius 3 is 2.79 bits per heavy atom. The summed E-state index contributed by atoms with van der Waals surface area (Å²) in [7, 11) is 0. The number of aryl methyl sites for hydroxylation is 1. The number of hydrogen-bond acceptors (Lipinski definition) is 4. The SMILES string of the molecule is CCCC(Cl)Oc1cc2c(c(OC(C)=O)c1)[C@H]1CC[C@]3(C)C(=O)CC[C@H]3[C@@H]1CC2. The summed E-state index contributed by atoms with van der Waals surface area (Å²) in [4.78, 5) is 24.4. The van der Waals surface area contributed by atoms with Crippen molar-refractivity contribution >= 4 is 23.4 Å². The summed E-state index contributed by atoms with van der Waals surface area (Å²) >= 11 is 6.30. The summed E-state index contributed by atoms with van der Waals surface area (Å²) < 4.78 is 11.6. The minimum absolute atomic E-state index is 0.157. The predicted molar refractivity (Wildman–Crippen MR) is 113 cm³/mol. The fraction of sp³-hybridized carbons (Fsp3) is 0.667. The first-order valence-corrected chi connectivity index (χ1v) is 11.5. The highest BCUT2D eigenvalue weighted by molar-refractivity contribution is 6.19. The topological polar surface area (TPSA) is 52.6 Å². The molecule has 1 unspecified atom stereocenters. The van der Waals surface area contributed by atoms with Gasteiger partial charge in [-0.15, -0.1) is 0 Å². The van der Waals surface area contributed by atoms with E-state index in [0.717, 1.165) is 56.9 Å². The minimum Gasteiger partial charge on any atom is -0.475 e. The van der Waals surface area contributed by atoms with Gasteiger partial charge in [-0.2, -0.15) is 0 Å². The van der Waals surface area contributed by atoms with Crippen LogP contribution in [0.5, 0.6) is 11.5 Å². The molecule has 0 bridgehead atoms. The molecule has 3 aliphatic carbocycles. The number of halogens is 1. The number of Topliss-reactive ketones (excluding diaryl/α,β-unsaturated/α-hetero) is 1. The van der Waals surface area contributed by atoms with Crippen LogP contribution in [0.25, 0.3) is 0 Å². The molecule has 3 aliphatic rings. The van der Waals surface area contributed by atoms with Crippen LogP contribution >= 0.6 is 11.6 Å². The average Bonchev–Trinajstić information content (AvgIpc) is 2.96. The van der Waals surface area contributed by atoms with Crippen LogP contribution in [0.15, 0.2) is 12.1 Å². The molecule has 0 amide bonds. The number of alkyl halides is 1. The Kier molecular flexibility index (Phi) is 5.67. The molecule has 5 heteroatoms. The van der Waals surface area contributed by atoms with Crippen LogP contribution < -0.4 is 9.47 Å². The zero-order valence-corrected chi connectivity index (χ0v) is 18.4. The minimum atomic E-state index is -0.389. The van der Waals surface area contributed by atoms with Gasteiger partial charge in [0, 0.05) is 30.4 Å². The molecule has 0 aromatic heterocycles. The molecule has 0 radical (unpaired) electrons. The first-order chi connectivity index (χ1) is 13.8. The Bertz CT molecular complexity index is 819. The number of ketones is 1. The Labute approximate surface area is 178 Å². The lowest BCUT2D eigenvalue weighted by molar-refractivity contribution is -0.132. The third kappa shape index (κ3) is 3.69. The van der Waals surface area contributed by atoms with Crippen molar-refractivity contribution in [1.82, 2.24) is 0 Å². The summed E-state index contributed by atoms with van der Waals surface area (Å²) in [5.74, 6) is 2.68. The Morgan fingerprint density at radius 1 is 1.28 bits per heavy atom. The van der Waals surface area contributed by atoms with Gasteiger partial charge in [-0.1, -0.05) is 31.9 Å². The van der Waals surface area contributed by atoms with Gasteiger partial charge >= 0.3 is 5.97 Å². The number of fused-ring (bicyclic) bond motifs is 5. The number of esters is 1. The summed E-state index contributed by atoms with van der Waals surface area (Å²) in [6.45, 7) is 5.69. The molecule has 0 aliphatic heterocycles. The first-order valence-electron chi connectivity index (χ1n) is 11.0. The van der Waals surface area contributed by atoms with Crippen LogP contribution in [0.3, 0.4) is 0 Å². The van der Waals surface area contributed by atoms with Gasteiger partial charge in [0.05, 0.1) is 0 Å². The average molecular weight is 419 g/mol. The van der Waals surface area contributed by atoms with Crippen molar-refractivity contribution in [3.63, 3.8) is 0 Å². The van der Waals surface area contributed by atoms with Gasteiger partial charge in [0.15, 0.2) is 5.56 Å². The van der Waals surface area contributed by atoms with Crippen molar-refractivity contribution in [3.05, 3.63) is 23.3 Å². The number of ether oxygens (including phenoxy) is 2. The summed E-state index contributed by atoms with van der Waals surface area (Å²) in [6, 6.07) is 3.92. The molecule has 0 N–H and O–H groups in total. The van der Waals surface area contributed by atoms with Crippen LogP contribution in [0.2, 0.25) is 0 Å². The van der Waals surface area contributed by atoms with Crippen LogP contribution in [0.1, 0.15) is 82.8 Å². The van der Waals surface area contributed by atoms with E-state index in [-0.39, 0.29) is 16.9 Å². The molecule has 158 valence electrons. The van der Waals surface area contributed by atoms with E-state index in [2.05, 4.69) is 19.9 Å². The van der Waals surface area contributed by atoms with E-state index >= 15 is 0 Å². The second kappa shape index (κ2) is 7.94. The first kappa shape index (κ1) is 20.7. The number of carbonyl (C=O) groups excluding carboxylic acids is 2. The van der Waals surface area contributed by atoms with Gasteiger partial charge in [-0.25, -0.2) is 0 Å². The van der Waals surface area contributed by atoms with E-state index in [4.69, 9.17) is 21.1 Å². The van der Waals surface area contributed by atoms with Gasteiger partial charge in [0.2, 0.25) is 0 Å². The molecule has 0 spiro atoms. The van der Waals surface area contributed by atoms with Crippen LogP contribution in [-0.2, 0) is 16.0 Å². The standard InChI is InChI=1S/C24H31ClO4/c1-4-5-22(25)29-16-12-15-6-7-17-18(23(15)20(13-16)28-14(2)26)10-11-24(3)19(17)8-9-21(24)27/h12-13,17-19,22H,4-11H2,1-3H3/t17-,18+,19+,22?,24+/m1/s1. The monoisotopic (exact) mass is 418 g/mol. The highest BCUT2D eigenvalue weighted by atomic mass is 35.5. The number of carbonyl (C=O) groups is 2. The Hall–Kier alpha value is -1.55. The summed E-state index contributed by atoms with van der Waals surface area (Å²) in [6.07, 6.45) is 7.32. The smallest absolute Gasteiger partial charge is 0.308 e. The molecule has 0 heterocycles. The molecule has 4 nitrogen and oxygen atoms in total. The molecule has 29 heavy (non-hydrogen) atoms. The maximum absolute atomic E-state index is 12.6. The second-order valence-corrected chi connectivity index (χ2v) is 9.72. The molecule has 5 atom stereocenters. The Balaban J connectivity index is 1.69. The molecule has 1 aromatic rings. The number of rotatable bonds is 5. The normalized spacial score (nSPS) is 31.4. The van der Waals surface area contributed by atoms with E-state index in [9.17, 15) is 9.59 Å². The van der Waals surface area contributed by atoms with Crippen molar-refractivity contribution in [2.75, 3.05) is 0 Å². The van der Waals surface area contributed by atoms with Gasteiger partial charge < -0.3 is 9.47 Å². The maximum atomic E-state index is 12.6. The fourth-order valence-electron chi connectivity index (χ4n) is 6.17. The molecular weight excluding hydrogens is 388 g/mol. The highest BCUT2D eigenvalue weighted by Crippen LogP contribution is 2.60. The molecule has 0 saturated heterocycles. The van der Waals surface area contributed by atoms with E-state index in [1.165, 1.54) is 12.5 Å². The lowest BCUT2D eigenvalue weighted by Crippen LogP contribution is -2.42. The zero-order chi connectivity index (χ0) is 20.8. The molecule has 2 fully saturated rings. The van der Waals surface area contributed by atoms with Crippen molar-refractivity contribution in [1.29, 1.82) is 0 Å². The van der Waals surface area contributed by atoms with E-state index in [1.807, 2.05) is 6.07 Å². The van der Waals surface area contributed by atoms with Crippen molar-refractivity contribution in [3.8, 4) is 11.5 Å². The van der Waals surface area contributed by atoms with E-state index in [0.29, 0.717) is 35.0 Å². The summed E-state index contributed by atoms with van der Waals surface area (Å²) in [5.41, 5.74) is 1.81. The van der Waals surface area contributed by atoms with Crippen LogP contribution in [0, 0.1) is 17.3 Å². The predicted octanol–water partition coefficient (Wildman–Crippen LogP) is 5.78. The van der Waals surface area contributed by atoms with Gasteiger partial charge in [-0.05, 0) is 67.9 Å². The number of benzene rings is 1. The Morgan fingerprint density at radius 2 is 2.07 bits per heavy atom. The summed E-state index contributed by atoms with van der Waals surface area (Å²) in [5, 5.41) is 0. The third-order valence-electron chi connectivity index (χ3n) is 7.50. The molecule has 2 saturated carbocycles. The van der Waals surface area contributed by atoms with Gasteiger partial charge in [-0.3, -0.25) is 9.59 Å². The third-order valence-corrected chi connectivity index (χ3v) is 7.81. The van der Waals surface area contributed by atoms with Crippen LogP contribution in [-0.4, -0.2) is 17.3 Å². The fourth-order valence-corrected chi connectivity index (χ4v) is 6.49. The highest BCUT2D eigenvalue weighted by Gasteiger charge is 2.55. The van der Waals surface area contributed by atoms with E-state index in [1.54, 1.807) is 0 Å². The molecular formula is C24H31ClO4. The number of hydrogen-bond donors (Lipinski definition) is 0. The lowest BCUT2D eigenvalue weighted by Gasteiger charge is -2.48. The van der Waals surface area contributed by atoms with Crippen molar-refractivity contribution in [2.24, 2.45) is 17.3 Å². The largest absolute Gasteiger partial charge is 0.475 e. The quantitative estimate of drug-likeness (QED) is 0.345. The molecule has 4 rings (SSSR count). The maximum Gasteiger partial charge on any atom is 0.308 e. The van der Waals surface area contributed by atoms with Gasteiger partial charge in [0.25, 0.3) is 0 Å². The zero-order valence-electron chi connectivity index (χ0n) is 17.6. The van der Waals surface area contributed by atoms with E-state index < -0.39 is 0 Å². The van der Waals surface area contributed by atoms with Crippen LogP contribution in [0.4, 0.5) is 0 Å². The van der Waals surface area contributed by atoms with Crippen molar-refractivity contribution < 1.29 is 19.1 Å².